The van der Waals surface area contributed by atoms with E-state index in [-0.39, 0.29) is 11.4 Å². The highest BCUT2D eigenvalue weighted by Crippen LogP contribution is 2.26. The maximum atomic E-state index is 12.7. The fourth-order valence-electron chi connectivity index (χ4n) is 3.12. The van der Waals surface area contributed by atoms with Crippen LogP contribution in [0.4, 0.5) is 5.69 Å². The molecule has 1 saturated heterocycles. The van der Waals surface area contributed by atoms with Gasteiger partial charge in [-0.1, -0.05) is 25.5 Å². The lowest BCUT2D eigenvalue weighted by atomic mass is 9.90. The van der Waals surface area contributed by atoms with Crippen LogP contribution < -0.4 is 10.6 Å². The molecule has 4 nitrogen and oxygen atoms in total. The van der Waals surface area contributed by atoms with Crippen LogP contribution in [-0.4, -0.2) is 37.0 Å². The zero-order valence-electron chi connectivity index (χ0n) is 13.4. The Balaban J connectivity index is 2.08. The summed E-state index contributed by atoms with van der Waals surface area (Å²) in [7, 11) is 4.09. The summed E-state index contributed by atoms with van der Waals surface area (Å²) >= 11 is 0. The summed E-state index contributed by atoms with van der Waals surface area (Å²) in [5.41, 5.74) is 1.73. The van der Waals surface area contributed by atoms with Gasteiger partial charge >= 0.3 is 0 Å². The Labute approximate surface area is 127 Å². The van der Waals surface area contributed by atoms with Crippen LogP contribution in [0, 0.1) is 0 Å². The lowest BCUT2D eigenvalue weighted by molar-refractivity contribution is -0.122. The van der Waals surface area contributed by atoms with Crippen molar-refractivity contribution in [2.24, 2.45) is 0 Å². The quantitative estimate of drug-likeness (QED) is 0.846. The average molecular weight is 289 g/mol. The molecule has 116 valence electrons. The van der Waals surface area contributed by atoms with Gasteiger partial charge < -0.3 is 15.5 Å². The minimum absolute atomic E-state index is 0.115. The number of rotatable bonds is 6. The number of amides is 1. The molecule has 2 N–H and O–H groups in total. The third kappa shape index (κ3) is 4.05. The average Bonchev–Trinajstić information content (AvgIpc) is 2.88. The molecule has 0 radical (unpaired) electrons. The molecule has 1 aromatic rings. The highest BCUT2D eigenvalue weighted by Gasteiger charge is 2.39. The first-order valence-electron chi connectivity index (χ1n) is 7.86. The monoisotopic (exact) mass is 289 g/mol. The molecule has 1 aliphatic heterocycles. The van der Waals surface area contributed by atoms with E-state index in [9.17, 15) is 4.79 Å². The van der Waals surface area contributed by atoms with Gasteiger partial charge in [0.1, 0.15) is 0 Å². The van der Waals surface area contributed by atoms with Gasteiger partial charge in [0.25, 0.3) is 0 Å². The number of nitrogens with one attached hydrogen (secondary N) is 2. The molecular weight excluding hydrogens is 262 g/mol. The predicted octanol–water partition coefficient (Wildman–Crippen LogP) is 2.61. The molecule has 2 rings (SSSR count). The molecule has 1 heterocycles. The van der Waals surface area contributed by atoms with Crippen LogP contribution >= 0.6 is 0 Å². The van der Waals surface area contributed by atoms with E-state index in [1.54, 1.807) is 0 Å². The zero-order valence-corrected chi connectivity index (χ0v) is 13.4. The Morgan fingerprint density at radius 2 is 2.24 bits per heavy atom. The van der Waals surface area contributed by atoms with E-state index in [1.165, 1.54) is 5.56 Å². The molecular formula is C17H27N3O. The number of carbonyl (C=O) groups excluding carboxylic acids is 1. The Hall–Kier alpha value is -1.39. The third-order valence-electron chi connectivity index (χ3n) is 4.04. The second-order valence-electron chi connectivity index (χ2n) is 6.25. The van der Waals surface area contributed by atoms with E-state index in [0.29, 0.717) is 0 Å². The molecule has 0 aliphatic carbocycles. The van der Waals surface area contributed by atoms with Crippen molar-refractivity contribution >= 4 is 11.6 Å². The summed E-state index contributed by atoms with van der Waals surface area (Å²) in [5.74, 6) is 0.115. The van der Waals surface area contributed by atoms with Crippen molar-refractivity contribution in [3.63, 3.8) is 0 Å². The topological polar surface area (TPSA) is 44.4 Å². The normalized spacial score (nSPS) is 21.7. The SMILES string of the molecule is CCCC1(C(=O)Nc2cccc(CN(C)C)c2)CCCN1. The van der Waals surface area contributed by atoms with Crippen molar-refractivity contribution in [2.45, 2.75) is 44.7 Å². The fraction of sp³-hybridized carbons (Fsp3) is 0.588. The lowest BCUT2D eigenvalue weighted by Gasteiger charge is -2.28. The van der Waals surface area contributed by atoms with Gasteiger partial charge in [-0.2, -0.15) is 0 Å². The standard InChI is InChI=1S/C17H27N3O/c1-4-9-17(10-6-11-18-17)16(21)19-15-8-5-7-14(12-15)13-20(2)3/h5,7-8,12,18H,4,6,9-11,13H2,1-3H3,(H,19,21). The largest absolute Gasteiger partial charge is 0.324 e. The van der Waals surface area contributed by atoms with Gasteiger partial charge in [-0.3, -0.25) is 4.79 Å². The van der Waals surface area contributed by atoms with Crippen molar-refractivity contribution in [1.82, 2.24) is 10.2 Å². The summed E-state index contributed by atoms with van der Waals surface area (Å²) in [6.45, 7) is 3.95. The van der Waals surface area contributed by atoms with Crippen LogP contribution in [0.15, 0.2) is 24.3 Å². The number of hydrogen-bond donors (Lipinski definition) is 2. The van der Waals surface area contributed by atoms with Crippen LogP contribution in [-0.2, 0) is 11.3 Å². The van der Waals surface area contributed by atoms with Crippen LogP contribution in [0.2, 0.25) is 0 Å². The van der Waals surface area contributed by atoms with Gasteiger partial charge in [0.05, 0.1) is 5.54 Å². The first-order valence-corrected chi connectivity index (χ1v) is 7.86. The van der Waals surface area contributed by atoms with Crippen molar-refractivity contribution in [1.29, 1.82) is 0 Å². The van der Waals surface area contributed by atoms with E-state index < -0.39 is 0 Å². The smallest absolute Gasteiger partial charge is 0.244 e. The van der Waals surface area contributed by atoms with Crippen molar-refractivity contribution in [2.75, 3.05) is 26.0 Å². The van der Waals surface area contributed by atoms with Crippen LogP contribution in [0.1, 0.15) is 38.2 Å². The van der Waals surface area contributed by atoms with Crippen molar-refractivity contribution in [3.8, 4) is 0 Å². The Morgan fingerprint density at radius 3 is 2.86 bits per heavy atom. The van der Waals surface area contributed by atoms with Crippen LogP contribution in [0.5, 0.6) is 0 Å². The summed E-state index contributed by atoms with van der Waals surface area (Å²) in [6.07, 6.45) is 3.93. The minimum Gasteiger partial charge on any atom is -0.324 e. The molecule has 21 heavy (non-hydrogen) atoms. The molecule has 1 unspecified atom stereocenters. The summed E-state index contributed by atoms with van der Waals surface area (Å²) in [5, 5.41) is 6.52. The molecule has 1 amide bonds. The van der Waals surface area contributed by atoms with E-state index in [1.807, 2.05) is 26.2 Å². The summed E-state index contributed by atoms with van der Waals surface area (Å²) < 4.78 is 0. The lowest BCUT2D eigenvalue weighted by Crippen LogP contribution is -2.50. The summed E-state index contributed by atoms with van der Waals surface area (Å²) in [6, 6.07) is 8.12. The number of hydrogen-bond acceptors (Lipinski definition) is 3. The van der Waals surface area contributed by atoms with Crippen LogP contribution in [0.3, 0.4) is 0 Å². The van der Waals surface area contributed by atoms with Gasteiger partial charge in [-0.05, 0) is 57.6 Å². The number of anilines is 1. The number of nitrogens with zero attached hydrogens (tertiary/aromatic N) is 1. The molecule has 1 aromatic carbocycles. The van der Waals surface area contributed by atoms with Gasteiger partial charge in [0.15, 0.2) is 0 Å². The summed E-state index contributed by atoms with van der Waals surface area (Å²) in [4.78, 5) is 14.8. The minimum atomic E-state index is -0.369. The first kappa shape index (κ1) is 16.0. The highest BCUT2D eigenvalue weighted by atomic mass is 16.2. The van der Waals surface area contributed by atoms with Crippen molar-refractivity contribution < 1.29 is 4.79 Å². The second-order valence-corrected chi connectivity index (χ2v) is 6.25. The van der Waals surface area contributed by atoms with Gasteiger partial charge in [-0.15, -0.1) is 0 Å². The molecule has 0 saturated carbocycles. The van der Waals surface area contributed by atoms with E-state index in [4.69, 9.17) is 0 Å². The maximum Gasteiger partial charge on any atom is 0.244 e. The molecule has 0 bridgehead atoms. The van der Waals surface area contributed by atoms with Crippen LogP contribution in [0.25, 0.3) is 0 Å². The van der Waals surface area contributed by atoms with Crippen molar-refractivity contribution in [3.05, 3.63) is 29.8 Å². The second kappa shape index (κ2) is 7.05. The zero-order chi connectivity index (χ0) is 15.3. The van der Waals surface area contributed by atoms with E-state index in [0.717, 1.165) is 44.5 Å². The predicted molar refractivity (Wildman–Crippen MR) is 87.3 cm³/mol. The fourth-order valence-corrected chi connectivity index (χ4v) is 3.12. The molecule has 1 fully saturated rings. The third-order valence-corrected chi connectivity index (χ3v) is 4.04. The first-order chi connectivity index (χ1) is 10.1. The molecule has 4 heteroatoms. The Morgan fingerprint density at radius 1 is 1.43 bits per heavy atom. The number of benzene rings is 1. The maximum absolute atomic E-state index is 12.7. The van der Waals surface area contributed by atoms with Gasteiger partial charge in [0, 0.05) is 12.2 Å². The molecule has 1 atom stereocenters. The van der Waals surface area contributed by atoms with Gasteiger partial charge in [0.2, 0.25) is 5.91 Å². The highest BCUT2D eigenvalue weighted by molar-refractivity contribution is 5.98. The molecule has 0 spiro atoms. The molecule has 1 aliphatic rings. The van der Waals surface area contributed by atoms with E-state index >= 15 is 0 Å². The van der Waals surface area contributed by atoms with Gasteiger partial charge in [-0.25, -0.2) is 0 Å². The molecule has 0 aromatic heterocycles. The number of carbonyl (C=O) groups is 1. The Bertz CT molecular complexity index is 479. The Kier molecular flexibility index (Phi) is 5.37. The van der Waals surface area contributed by atoms with E-state index in [2.05, 4.69) is 34.6 Å².